The van der Waals surface area contributed by atoms with Gasteiger partial charge in [-0.2, -0.15) is 0 Å². The summed E-state index contributed by atoms with van der Waals surface area (Å²) in [5.41, 5.74) is 2.83. The highest BCUT2D eigenvalue weighted by molar-refractivity contribution is 14.1. The molecule has 94 valence electrons. The van der Waals surface area contributed by atoms with Crippen LogP contribution in [0.1, 0.15) is 11.1 Å². The molecule has 0 aliphatic carbocycles. The summed E-state index contributed by atoms with van der Waals surface area (Å²) in [6, 6.07) is 10.8. The van der Waals surface area contributed by atoms with Crippen molar-refractivity contribution in [3.05, 3.63) is 61.9 Å². The molecular formula is C14H12ClFIN. The van der Waals surface area contributed by atoms with Gasteiger partial charge in [0.15, 0.2) is 0 Å². The maximum absolute atomic E-state index is 13.6. The SMILES string of the molecule is Cc1ccc(NCc2ccc(Cl)cc2F)cc1I. The maximum atomic E-state index is 13.6. The predicted molar refractivity (Wildman–Crippen MR) is 82.6 cm³/mol. The molecule has 0 aliphatic rings. The molecule has 0 spiro atoms. The van der Waals surface area contributed by atoms with E-state index in [0.717, 1.165) is 5.69 Å². The Morgan fingerprint density at radius 1 is 1.22 bits per heavy atom. The third kappa shape index (κ3) is 3.36. The van der Waals surface area contributed by atoms with E-state index in [4.69, 9.17) is 11.6 Å². The van der Waals surface area contributed by atoms with Gasteiger partial charge in [-0.3, -0.25) is 0 Å². The van der Waals surface area contributed by atoms with Gasteiger partial charge in [-0.1, -0.05) is 23.7 Å². The second-order valence-electron chi connectivity index (χ2n) is 4.05. The standard InChI is InChI=1S/C14H12ClFIN/c1-9-2-5-12(7-14(9)17)18-8-10-3-4-11(15)6-13(10)16/h2-7,18H,8H2,1H3. The number of rotatable bonds is 3. The zero-order valence-electron chi connectivity index (χ0n) is 9.81. The molecule has 2 aromatic rings. The second kappa shape index (κ2) is 5.89. The minimum absolute atomic E-state index is 0.281. The zero-order valence-corrected chi connectivity index (χ0v) is 12.7. The third-order valence-electron chi connectivity index (χ3n) is 2.67. The lowest BCUT2D eigenvalue weighted by molar-refractivity contribution is 0.613. The van der Waals surface area contributed by atoms with Crippen LogP contribution in [-0.4, -0.2) is 0 Å². The Hall–Kier alpha value is -0.810. The molecule has 2 aromatic carbocycles. The van der Waals surface area contributed by atoms with Crippen molar-refractivity contribution >= 4 is 39.9 Å². The molecule has 0 saturated heterocycles. The van der Waals surface area contributed by atoms with Crippen molar-refractivity contribution in [2.24, 2.45) is 0 Å². The molecule has 4 heteroatoms. The molecule has 0 heterocycles. The lowest BCUT2D eigenvalue weighted by Crippen LogP contribution is -2.02. The van der Waals surface area contributed by atoms with Gasteiger partial charge in [0.1, 0.15) is 5.82 Å². The van der Waals surface area contributed by atoms with Gasteiger partial charge in [-0.15, -0.1) is 0 Å². The zero-order chi connectivity index (χ0) is 13.1. The van der Waals surface area contributed by atoms with Gasteiger partial charge >= 0.3 is 0 Å². The van der Waals surface area contributed by atoms with Gasteiger partial charge < -0.3 is 5.32 Å². The van der Waals surface area contributed by atoms with E-state index in [9.17, 15) is 4.39 Å². The number of hydrogen-bond acceptors (Lipinski definition) is 1. The van der Waals surface area contributed by atoms with Crippen LogP contribution in [0.5, 0.6) is 0 Å². The Balaban J connectivity index is 2.09. The summed E-state index contributed by atoms with van der Waals surface area (Å²) in [5.74, 6) is -0.281. The van der Waals surface area contributed by atoms with Crippen LogP contribution in [0.3, 0.4) is 0 Å². The molecule has 0 bridgehead atoms. The summed E-state index contributed by atoms with van der Waals surface area (Å²) in [5, 5.41) is 3.62. The summed E-state index contributed by atoms with van der Waals surface area (Å²) >= 11 is 7.99. The molecule has 1 N–H and O–H groups in total. The fourth-order valence-electron chi connectivity index (χ4n) is 1.57. The molecular weight excluding hydrogens is 364 g/mol. The van der Waals surface area contributed by atoms with Crippen molar-refractivity contribution in [2.45, 2.75) is 13.5 Å². The van der Waals surface area contributed by atoms with Crippen LogP contribution >= 0.6 is 34.2 Å². The first kappa shape index (κ1) is 13.6. The quantitative estimate of drug-likeness (QED) is 0.744. The fraction of sp³-hybridized carbons (Fsp3) is 0.143. The number of anilines is 1. The second-order valence-corrected chi connectivity index (χ2v) is 5.65. The fourth-order valence-corrected chi connectivity index (χ4v) is 2.24. The van der Waals surface area contributed by atoms with E-state index in [1.165, 1.54) is 15.2 Å². The van der Waals surface area contributed by atoms with Crippen molar-refractivity contribution in [3.63, 3.8) is 0 Å². The van der Waals surface area contributed by atoms with Crippen LogP contribution in [0.25, 0.3) is 0 Å². The number of halogens is 3. The first-order valence-corrected chi connectivity index (χ1v) is 6.96. The number of benzene rings is 2. The van der Waals surface area contributed by atoms with Crippen LogP contribution in [0.15, 0.2) is 36.4 Å². The van der Waals surface area contributed by atoms with Crippen LogP contribution in [0, 0.1) is 16.3 Å². The molecule has 1 nitrogen and oxygen atoms in total. The summed E-state index contributed by atoms with van der Waals surface area (Å²) in [7, 11) is 0. The van der Waals surface area contributed by atoms with Crippen LogP contribution in [0.4, 0.5) is 10.1 Å². The highest BCUT2D eigenvalue weighted by Crippen LogP contribution is 2.19. The Morgan fingerprint density at radius 2 is 2.00 bits per heavy atom. The lowest BCUT2D eigenvalue weighted by Gasteiger charge is -2.09. The Kier molecular flexibility index (Phi) is 4.45. The molecule has 2 rings (SSSR count). The lowest BCUT2D eigenvalue weighted by atomic mass is 10.2. The average molecular weight is 376 g/mol. The van der Waals surface area contributed by atoms with E-state index < -0.39 is 0 Å². The van der Waals surface area contributed by atoms with E-state index in [1.807, 2.05) is 18.2 Å². The highest BCUT2D eigenvalue weighted by Gasteiger charge is 2.03. The van der Waals surface area contributed by atoms with E-state index in [-0.39, 0.29) is 5.82 Å². The van der Waals surface area contributed by atoms with Crippen molar-refractivity contribution in [1.29, 1.82) is 0 Å². The van der Waals surface area contributed by atoms with E-state index >= 15 is 0 Å². The monoisotopic (exact) mass is 375 g/mol. The van der Waals surface area contributed by atoms with Crippen LogP contribution in [-0.2, 0) is 6.54 Å². The molecule has 0 aliphatic heterocycles. The van der Waals surface area contributed by atoms with Crippen molar-refractivity contribution in [1.82, 2.24) is 0 Å². The smallest absolute Gasteiger partial charge is 0.129 e. The van der Waals surface area contributed by atoms with Gasteiger partial charge in [-0.25, -0.2) is 4.39 Å². The summed E-state index contributed by atoms with van der Waals surface area (Å²) in [4.78, 5) is 0. The third-order valence-corrected chi connectivity index (χ3v) is 4.07. The Bertz CT molecular complexity index is 572. The molecule has 0 fully saturated rings. The molecule has 18 heavy (non-hydrogen) atoms. The minimum atomic E-state index is -0.281. The van der Waals surface area contributed by atoms with Gasteiger partial charge in [0.05, 0.1) is 0 Å². The summed E-state index contributed by atoms with van der Waals surface area (Å²) in [6.45, 7) is 2.51. The largest absolute Gasteiger partial charge is 0.381 e. The average Bonchev–Trinajstić information content (AvgIpc) is 2.32. The number of aryl methyl sites for hydroxylation is 1. The molecule has 0 unspecified atom stereocenters. The molecule has 0 aromatic heterocycles. The first-order valence-electron chi connectivity index (χ1n) is 5.50. The predicted octanol–water partition coefficient (Wildman–Crippen LogP) is 5.00. The molecule has 0 saturated carbocycles. The van der Waals surface area contributed by atoms with E-state index in [2.05, 4.69) is 34.8 Å². The molecule has 0 atom stereocenters. The normalized spacial score (nSPS) is 10.4. The van der Waals surface area contributed by atoms with Gasteiger partial charge in [-0.05, 0) is 59.3 Å². The van der Waals surface area contributed by atoms with Crippen molar-refractivity contribution in [2.75, 3.05) is 5.32 Å². The minimum Gasteiger partial charge on any atom is -0.381 e. The van der Waals surface area contributed by atoms with Crippen LogP contribution in [0.2, 0.25) is 5.02 Å². The van der Waals surface area contributed by atoms with Crippen LogP contribution < -0.4 is 5.32 Å². The topological polar surface area (TPSA) is 12.0 Å². The Morgan fingerprint density at radius 3 is 2.67 bits per heavy atom. The molecule has 0 amide bonds. The van der Waals surface area contributed by atoms with Gasteiger partial charge in [0.25, 0.3) is 0 Å². The van der Waals surface area contributed by atoms with Gasteiger partial charge in [0, 0.05) is 26.4 Å². The number of nitrogens with one attached hydrogen (secondary N) is 1. The highest BCUT2D eigenvalue weighted by atomic mass is 127. The maximum Gasteiger partial charge on any atom is 0.129 e. The van der Waals surface area contributed by atoms with Gasteiger partial charge in [0.2, 0.25) is 0 Å². The number of hydrogen-bond donors (Lipinski definition) is 1. The van der Waals surface area contributed by atoms with E-state index in [0.29, 0.717) is 17.1 Å². The van der Waals surface area contributed by atoms with Crippen molar-refractivity contribution in [3.8, 4) is 0 Å². The first-order chi connectivity index (χ1) is 8.56. The van der Waals surface area contributed by atoms with E-state index in [1.54, 1.807) is 12.1 Å². The Labute approximate surface area is 124 Å². The summed E-state index contributed by atoms with van der Waals surface area (Å²) < 4.78 is 14.8. The molecule has 0 radical (unpaired) electrons. The summed E-state index contributed by atoms with van der Waals surface area (Å²) in [6.07, 6.45) is 0. The van der Waals surface area contributed by atoms with Crippen molar-refractivity contribution < 1.29 is 4.39 Å².